The van der Waals surface area contributed by atoms with Crippen LogP contribution >= 0.6 is 0 Å². The highest BCUT2D eigenvalue weighted by Gasteiger charge is 2.24. The molecule has 14 heteroatoms. The molecule has 1 aliphatic rings. The van der Waals surface area contributed by atoms with Gasteiger partial charge in [0.05, 0.1) is 31.2 Å². The Bertz CT molecular complexity index is 1690. The summed E-state index contributed by atoms with van der Waals surface area (Å²) >= 11 is 0. The Labute approximate surface area is 210 Å². The third-order valence-electron chi connectivity index (χ3n) is 6.25. The van der Waals surface area contributed by atoms with Crippen LogP contribution in [-0.2, 0) is 23.1 Å². The third kappa shape index (κ3) is 4.56. The molecule has 1 saturated carbocycles. The molecular weight excluding hydrogens is 501 g/mol. The summed E-state index contributed by atoms with van der Waals surface area (Å²) in [6.07, 6.45) is 10.4. The predicted molar refractivity (Wildman–Crippen MR) is 128 cm³/mol. The SMILES string of the molecule is COc1ccc(-n2cnnn2)c(CNS(=O)(=O)c2cnn(Cc3cn4cc(C5CC5)ccc4n3)c2)c1F. The van der Waals surface area contributed by atoms with Gasteiger partial charge in [-0.3, -0.25) is 4.68 Å². The Hall–Kier alpha value is -4.17. The van der Waals surface area contributed by atoms with Crippen molar-refractivity contribution in [2.45, 2.75) is 36.7 Å². The second-order valence-corrected chi connectivity index (χ2v) is 10.5. The molecule has 0 spiro atoms. The van der Waals surface area contributed by atoms with Crippen molar-refractivity contribution in [3.05, 3.63) is 78.0 Å². The van der Waals surface area contributed by atoms with Crippen molar-refractivity contribution in [3.63, 3.8) is 0 Å². The lowest BCUT2D eigenvalue weighted by atomic mass is 10.1. The van der Waals surface area contributed by atoms with Crippen molar-refractivity contribution in [1.29, 1.82) is 0 Å². The molecule has 1 N–H and O–H groups in total. The molecule has 0 atom stereocenters. The van der Waals surface area contributed by atoms with E-state index < -0.39 is 15.8 Å². The lowest BCUT2D eigenvalue weighted by Gasteiger charge is -2.13. The lowest BCUT2D eigenvalue weighted by molar-refractivity contribution is 0.383. The van der Waals surface area contributed by atoms with Crippen LogP contribution in [0, 0.1) is 5.82 Å². The zero-order valence-electron chi connectivity index (χ0n) is 19.7. The van der Waals surface area contributed by atoms with Crippen LogP contribution in [0.5, 0.6) is 5.75 Å². The monoisotopic (exact) mass is 523 g/mol. The molecule has 0 amide bonds. The van der Waals surface area contributed by atoms with Crippen LogP contribution in [0.4, 0.5) is 4.39 Å². The van der Waals surface area contributed by atoms with Gasteiger partial charge in [0.1, 0.15) is 16.9 Å². The molecule has 12 nitrogen and oxygen atoms in total. The van der Waals surface area contributed by atoms with E-state index in [0.717, 1.165) is 11.3 Å². The first kappa shape index (κ1) is 23.2. The summed E-state index contributed by atoms with van der Waals surface area (Å²) in [7, 11) is -2.69. The van der Waals surface area contributed by atoms with Crippen LogP contribution in [-0.4, -0.2) is 54.9 Å². The standard InChI is InChI=1S/C23H22FN9O3S/c1-36-21-6-5-20(33-14-25-29-30-33)19(23(21)24)9-27-37(34,35)18-8-26-32(13-18)12-17-11-31-10-16(15-2-3-15)4-7-22(31)28-17/h4-8,10-11,13-15,27H,2-3,9,12H2,1H3. The van der Waals surface area contributed by atoms with Gasteiger partial charge in [0.25, 0.3) is 0 Å². The number of nitrogens with one attached hydrogen (secondary N) is 1. The van der Waals surface area contributed by atoms with Gasteiger partial charge in [-0.2, -0.15) is 5.10 Å². The molecule has 4 heterocycles. The number of rotatable bonds is 9. The van der Waals surface area contributed by atoms with Crippen molar-refractivity contribution in [2.75, 3.05) is 7.11 Å². The Morgan fingerprint density at radius 2 is 2.03 bits per heavy atom. The van der Waals surface area contributed by atoms with E-state index in [0.29, 0.717) is 12.5 Å². The number of halogens is 1. The van der Waals surface area contributed by atoms with Crippen LogP contribution in [0.3, 0.4) is 0 Å². The molecule has 1 fully saturated rings. The first-order valence-electron chi connectivity index (χ1n) is 11.5. The fourth-order valence-electron chi connectivity index (χ4n) is 4.18. The largest absolute Gasteiger partial charge is 0.494 e. The number of pyridine rings is 1. The highest BCUT2D eigenvalue weighted by atomic mass is 32.2. The molecule has 0 saturated heterocycles. The second-order valence-electron chi connectivity index (χ2n) is 8.77. The molecule has 5 aromatic rings. The van der Waals surface area contributed by atoms with Gasteiger partial charge in [-0.15, -0.1) is 5.10 Å². The van der Waals surface area contributed by atoms with Crippen LogP contribution in [0.25, 0.3) is 11.3 Å². The van der Waals surface area contributed by atoms with E-state index >= 15 is 4.39 Å². The maximum Gasteiger partial charge on any atom is 0.243 e. The van der Waals surface area contributed by atoms with Gasteiger partial charge in [-0.1, -0.05) is 6.07 Å². The Morgan fingerprint density at radius 3 is 2.78 bits per heavy atom. The fraction of sp³-hybridized carbons (Fsp3) is 0.261. The second kappa shape index (κ2) is 9.05. The maximum atomic E-state index is 15.0. The summed E-state index contributed by atoms with van der Waals surface area (Å²) < 4.78 is 53.2. The average molecular weight is 524 g/mol. The van der Waals surface area contributed by atoms with Crippen molar-refractivity contribution in [1.82, 2.24) is 44.1 Å². The van der Waals surface area contributed by atoms with Crippen molar-refractivity contribution < 1.29 is 17.5 Å². The first-order valence-corrected chi connectivity index (χ1v) is 13.0. The maximum absolute atomic E-state index is 15.0. The highest BCUT2D eigenvalue weighted by Crippen LogP contribution is 2.39. The highest BCUT2D eigenvalue weighted by molar-refractivity contribution is 7.89. The van der Waals surface area contributed by atoms with E-state index in [4.69, 9.17) is 4.74 Å². The quantitative estimate of drug-likeness (QED) is 0.310. The molecule has 6 rings (SSSR count). The molecule has 1 aliphatic carbocycles. The molecule has 4 aromatic heterocycles. The van der Waals surface area contributed by atoms with Crippen LogP contribution in [0.2, 0.25) is 0 Å². The predicted octanol–water partition coefficient (Wildman–Crippen LogP) is 2.06. The normalized spacial score (nSPS) is 13.9. The van der Waals surface area contributed by atoms with E-state index in [1.807, 2.05) is 16.7 Å². The molecule has 37 heavy (non-hydrogen) atoms. The number of ether oxygens (including phenoxy) is 1. The summed E-state index contributed by atoms with van der Waals surface area (Å²) in [6.45, 7) is -0.0641. The first-order chi connectivity index (χ1) is 17.9. The number of methoxy groups -OCH3 is 1. The van der Waals surface area contributed by atoms with Crippen molar-refractivity contribution in [3.8, 4) is 11.4 Å². The topological polar surface area (TPSA) is 134 Å². The zero-order chi connectivity index (χ0) is 25.6. The lowest BCUT2D eigenvalue weighted by Crippen LogP contribution is -2.24. The summed E-state index contributed by atoms with van der Waals surface area (Å²) in [4.78, 5) is 4.55. The zero-order valence-corrected chi connectivity index (χ0v) is 20.5. The minimum absolute atomic E-state index is 0.0258. The van der Waals surface area contributed by atoms with Gasteiger partial charge in [0, 0.05) is 30.7 Å². The summed E-state index contributed by atoms with van der Waals surface area (Å²) in [5.74, 6) is -0.114. The molecule has 1 aromatic carbocycles. The Balaban J connectivity index is 1.20. The van der Waals surface area contributed by atoms with Gasteiger partial charge in [0.2, 0.25) is 10.0 Å². The van der Waals surface area contributed by atoms with Crippen molar-refractivity contribution in [2.24, 2.45) is 0 Å². The van der Waals surface area contributed by atoms with E-state index in [1.54, 1.807) is 6.07 Å². The van der Waals surface area contributed by atoms with Crippen LogP contribution in [0.15, 0.2) is 60.3 Å². The Kier molecular flexibility index (Phi) is 5.68. The van der Waals surface area contributed by atoms with Crippen LogP contribution in [0.1, 0.15) is 35.6 Å². The number of imidazole rings is 1. The number of nitrogens with zero attached hydrogens (tertiary/aromatic N) is 8. The van der Waals surface area contributed by atoms with Gasteiger partial charge in [-0.25, -0.2) is 27.2 Å². The van der Waals surface area contributed by atoms with Crippen LogP contribution < -0.4 is 9.46 Å². The van der Waals surface area contributed by atoms with Gasteiger partial charge in [-0.05, 0) is 52.9 Å². The molecular formula is C23H22FN9O3S. The number of hydrogen-bond donors (Lipinski definition) is 1. The summed E-state index contributed by atoms with van der Waals surface area (Å²) in [6, 6.07) is 7.05. The number of sulfonamides is 1. The smallest absolute Gasteiger partial charge is 0.243 e. The van der Waals surface area contributed by atoms with E-state index in [2.05, 4.69) is 42.6 Å². The number of aromatic nitrogens is 8. The van der Waals surface area contributed by atoms with Gasteiger partial charge < -0.3 is 9.14 Å². The molecule has 0 unspecified atom stereocenters. The number of tetrazole rings is 1. The molecule has 190 valence electrons. The minimum Gasteiger partial charge on any atom is -0.494 e. The van der Waals surface area contributed by atoms with Gasteiger partial charge >= 0.3 is 0 Å². The molecule has 0 aliphatic heterocycles. The molecule has 0 bridgehead atoms. The van der Waals surface area contributed by atoms with Crippen molar-refractivity contribution >= 4 is 15.7 Å². The third-order valence-corrected chi connectivity index (χ3v) is 7.61. The molecule has 0 radical (unpaired) electrons. The fourth-order valence-corrected chi connectivity index (χ4v) is 5.13. The number of fused-ring (bicyclic) bond motifs is 1. The summed E-state index contributed by atoms with van der Waals surface area (Å²) in [5, 5.41) is 15.1. The average Bonchev–Trinajstić information content (AvgIpc) is 3.24. The van der Waals surface area contributed by atoms with E-state index in [9.17, 15) is 8.42 Å². The summed E-state index contributed by atoms with van der Waals surface area (Å²) in [5.41, 5.74) is 3.17. The van der Waals surface area contributed by atoms with E-state index in [-0.39, 0.29) is 28.4 Å². The van der Waals surface area contributed by atoms with Gasteiger partial charge in [0.15, 0.2) is 11.6 Å². The number of hydrogen-bond acceptors (Lipinski definition) is 8. The minimum atomic E-state index is -4.01. The Morgan fingerprint density at radius 1 is 1.16 bits per heavy atom. The van der Waals surface area contributed by atoms with E-state index in [1.165, 1.54) is 59.7 Å². The number of benzene rings is 1.